The molecule has 4 heteroatoms. The van der Waals surface area contributed by atoms with Crippen molar-refractivity contribution < 1.29 is 9.53 Å². The Hall–Kier alpha value is -2.19. The average Bonchev–Trinajstić information content (AvgIpc) is 2.84. The molecule has 3 aromatic rings. The van der Waals surface area contributed by atoms with Crippen molar-refractivity contribution in [2.45, 2.75) is 40.2 Å². The Morgan fingerprint density at radius 3 is 1.86 bits per heavy atom. The molecule has 0 aromatic heterocycles. The monoisotopic (exact) mass is 598 g/mol. The van der Waals surface area contributed by atoms with Crippen molar-refractivity contribution in [1.82, 2.24) is 0 Å². The van der Waals surface area contributed by atoms with E-state index in [2.05, 4.69) is 87.5 Å². The van der Waals surface area contributed by atoms with E-state index in [-0.39, 0.29) is 47.2 Å². The van der Waals surface area contributed by atoms with Gasteiger partial charge < -0.3 is 0 Å². The molecule has 0 N–H and O–H groups in total. The van der Waals surface area contributed by atoms with Gasteiger partial charge in [0.1, 0.15) is 0 Å². The molecule has 0 amide bonds. The third-order valence-corrected chi connectivity index (χ3v) is 9.38. The Labute approximate surface area is 223 Å². The molecule has 0 aliphatic carbocycles. The molecule has 0 radical (unpaired) electrons. The van der Waals surface area contributed by atoms with Crippen LogP contribution in [0.15, 0.2) is 112 Å². The summed E-state index contributed by atoms with van der Waals surface area (Å²) in [6.45, 7) is 9.29. The zero-order valence-electron chi connectivity index (χ0n) is 20.9. The molecule has 35 heavy (non-hydrogen) atoms. The number of hydrogen-bond donors (Lipinski definition) is 0. The molecular weight excluding hydrogens is 562 g/mol. The molecule has 1 unspecified atom stereocenters. The van der Waals surface area contributed by atoms with Crippen LogP contribution < -0.4 is 8.92 Å². The Bertz CT molecular complexity index is 1110. The van der Waals surface area contributed by atoms with Gasteiger partial charge in [-0.1, -0.05) is 0 Å². The molecule has 3 aromatic carbocycles. The normalized spacial score (nSPS) is 13.5. The van der Waals surface area contributed by atoms with Gasteiger partial charge in [0.2, 0.25) is 0 Å². The number of rotatable bonds is 11. The summed E-state index contributed by atoms with van der Waals surface area (Å²) in [5.74, 6) is 0.119. The van der Waals surface area contributed by atoms with Crippen LogP contribution in [0.2, 0.25) is 0 Å². The van der Waals surface area contributed by atoms with Crippen LogP contribution in [-0.4, -0.2) is 48.4 Å². The predicted octanol–water partition coefficient (Wildman–Crippen LogP) is 5.54. The van der Waals surface area contributed by atoms with Crippen molar-refractivity contribution in [1.29, 1.82) is 0 Å². The third kappa shape index (κ3) is 9.76. The fraction of sp³-hybridized carbons (Fsp3) is 0.258. The van der Waals surface area contributed by atoms with Crippen molar-refractivity contribution in [3.05, 3.63) is 118 Å². The van der Waals surface area contributed by atoms with Crippen LogP contribution in [0.25, 0.3) is 0 Å². The summed E-state index contributed by atoms with van der Waals surface area (Å²) < 4.78 is 11.4. The van der Waals surface area contributed by atoms with Gasteiger partial charge in [-0.3, -0.25) is 0 Å². The summed E-state index contributed by atoms with van der Waals surface area (Å²) in [5.41, 5.74) is 0.788. The van der Waals surface area contributed by atoms with Crippen LogP contribution in [0, 0.1) is 5.41 Å². The average molecular weight is 597 g/mol. The maximum absolute atomic E-state index is 13.2. The predicted molar refractivity (Wildman–Crippen MR) is 150 cm³/mol. The van der Waals surface area contributed by atoms with E-state index in [0.29, 0.717) is 13.0 Å². The fourth-order valence-corrected chi connectivity index (χ4v) is 8.45. The molecule has 0 aliphatic heterocycles. The Morgan fingerprint density at radius 1 is 0.829 bits per heavy atom. The van der Waals surface area contributed by atoms with Gasteiger partial charge in [0.15, 0.2) is 0 Å². The van der Waals surface area contributed by atoms with E-state index < -0.39 is 0 Å². The van der Waals surface area contributed by atoms with Gasteiger partial charge in [-0.15, -0.1) is 0 Å². The summed E-state index contributed by atoms with van der Waals surface area (Å²) in [6.07, 6.45) is 4.81. The second-order valence-electron chi connectivity index (χ2n) is 9.23. The van der Waals surface area contributed by atoms with Gasteiger partial charge in [-0.05, 0) is 0 Å². The standard InChI is InChI=1S/C31H34O2Se2/c1-5-33-29(22-28(32)24-15-9-6-10-16-24)30(35-26-19-13-8-14-20-26)21-27(23-31(2,3)4)34-25-17-11-7-12-18-25/h6-21,23,29H,5,22H2,1-4H3/b27-23-,30-21-. The van der Waals surface area contributed by atoms with Gasteiger partial charge >= 0.3 is 224 Å². The van der Waals surface area contributed by atoms with E-state index >= 15 is 0 Å². The number of hydrogen-bond acceptors (Lipinski definition) is 2. The van der Waals surface area contributed by atoms with Crippen LogP contribution in [0.4, 0.5) is 0 Å². The van der Waals surface area contributed by atoms with Crippen molar-refractivity contribution in [2.75, 3.05) is 6.61 Å². The summed E-state index contributed by atoms with van der Waals surface area (Å²) in [7, 11) is 0. The fourth-order valence-electron chi connectivity index (χ4n) is 3.46. The van der Waals surface area contributed by atoms with Gasteiger partial charge in [0.05, 0.1) is 0 Å². The molecule has 2 nitrogen and oxygen atoms in total. The molecule has 182 valence electrons. The van der Waals surface area contributed by atoms with Crippen LogP contribution in [0.3, 0.4) is 0 Å². The zero-order chi connectivity index (χ0) is 25.1. The summed E-state index contributed by atoms with van der Waals surface area (Å²) in [5, 5.41) is 0. The molecule has 1 atom stereocenters. The zero-order valence-corrected chi connectivity index (χ0v) is 24.4. The van der Waals surface area contributed by atoms with Gasteiger partial charge in [0.25, 0.3) is 0 Å². The molecule has 0 saturated heterocycles. The second kappa shape index (κ2) is 13.8. The van der Waals surface area contributed by atoms with E-state index in [0.717, 1.165) is 5.56 Å². The molecule has 0 bridgehead atoms. The minimum absolute atomic E-state index is 0.0435. The van der Waals surface area contributed by atoms with E-state index in [1.54, 1.807) is 0 Å². The molecule has 0 heterocycles. The summed E-state index contributed by atoms with van der Waals surface area (Å²) in [6, 6.07) is 30.8. The number of carbonyl (C=O) groups excluding carboxylic acids is 1. The number of allylic oxidation sites excluding steroid dienone is 3. The van der Waals surface area contributed by atoms with Crippen LogP contribution in [0.5, 0.6) is 0 Å². The van der Waals surface area contributed by atoms with E-state index in [1.165, 1.54) is 17.9 Å². The van der Waals surface area contributed by atoms with Crippen molar-refractivity contribution in [3.8, 4) is 0 Å². The number of carbonyl (C=O) groups is 1. The first-order valence-corrected chi connectivity index (χ1v) is 15.4. The molecule has 0 aliphatic rings. The number of ketones is 1. The first-order valence-electron chi connectivity index (χ1n) is 11.9. The Morgan fingerprint density at radius 2 is 1.34 bits per heavy atom. The Kier molecular flexibility index (Phi) is 10.8. The first kappa shape index (κ1) is 27.4. The number of benzene rings is 3. The second-order valence-corrected chi connectivity index (χ2v) is 14.0. The van der Waals surface area contributed by atoms with Crippen LogP contribution in [-0.2, 0) is 4.74 Å². The Balaban J connectivity index is 2.01. The van der Waals surface area contributed by atoms with E-state index in [4.69, 9.17) is 4.74 Å². The van der Waals surface area contributed by atoms with Crippen molar-refractivity contribution in [2.24, 2.45) is 5.41 Å². The van der Waals surface area contributed by atoms with E-state index in [9.17, 15) is 4.79 Å². The van der Waals surface area contributed by atoms with Crippen molar-refractivity contribution in [3.63, 3.8) is 0 Å². The summed E-state index contributed by atoms with van der Waals surface area (Å²) in [4.78, 5) is 13.2. The number of Topliss-reactive ketones (excluding diaryl/α,β-unsaturated/α-hetero) is 1. The van der Waals surface area contributed by atoms with Gasteiger partial charge in [-0.2, -0.15) is 0 Å². The van der Waals surface area contributed by atoms with Crippen molar-refractivity contribution >= 4 is 44.6 Å². The maximum atomic E-state index is 13.2. The van der Waals surface area contributed by atoms with Crippen LogP contribution >= 0.6 is 0 Å². The van der Waals surface area contributed by atoms with E-state index in [1.807, 2.05) is 43.3 Å². The quantitative estimate of drug-likeness (QED) is 0.165. The number of ether oxygens (including phenoxy) is 1. The molecule has 3 rings (SSSR count). The topological polar surface area (TPSA) is 26.3 Å². The third-order valence-electron chi connectivity index (χ3n) is 4.97. The molecule has 0 saturated carbocycles. The van der Waals surface area contributed by atoms with Crippen LogP contribution in [0.1, 0.15) is 44.5 Å². The van der Waals surface area contributed by atoms with Gasteiger partial charge in [0, 0.05) is 0 Å². The molecular formula is C31H34O2Se2. The molecule has 0 spiro atoms. The minimum atomic E-state index is -0.247. The first-order chi connectivity index (χ1) is 16.8. The van der Waals surface area contributed by atoms with Gasteiger partial charge in [-0.25, -0.2) is 0 Å². The summed E-state index contributed by atoms with van der Waals surface area (Å²) >= 11 is 0.203. The molecule has 0 fully saturated rings. The SMILES string of the molecule is CCOC(CC(=O)c1ccccc1)/C(=C/C(=C/C(C)(C)C)[Se]c1ccccc1)[Se]c1ccccc1.